The van der Waals surface area contributed by atoms with Crippen LogP contribution in [0.4, 0.5) is 0 Å². The molecule has 0 aliphatic heterocycles. The van der Waals surface area contributed by atoms with Crippen LogP contribution in [0.1, 0.15) is 17.5 Å². The fourth-order valence-corrected chi connectivity index (χ4v) is 2.44. The SMILES string of the molecule is COc1ccccc1CCC(=O)NCc1ccc(OC)c(OC)c1. The third kappa shape index (κ3) is 4.65. The van der Waals surface area contributed by atoms with E-state index in [0.717, 1.165) is 16.9 Å². The second-order valence-electron chi connectivity index (χ2n) is 5.28. The van der Waals surface area contributed by atoms with Crippen LogP contribution >= 0.6 is 0 Å². The Morgan fingerprint density at radius 3 is 2.33 bits per heavy atom. The molecule has 0 aliphatic rings. The maximum absolute atomic E-state index is 12.1. The number of methoxy groups -OCH3 is 3. The summed E-state index contributed by atoms with van der Waals surface area (Å²) in [6.07, 6.45) is 1.05. The summed E-state index contributed by atoms with van der Waals surface area (Å²) < 4.78 is 15.8. The zero-order chi connectivity index (χ0) is 17.4. The van der Waals surface area contributed by atoms with E-state index in [-0.39, 0.29) is 5.91 Å². The molecule has 0 atom stereocenters. The van der Waals surface area contributed by atoms with Gasteiger partial charge in [-0.1, -0.05) is 24.3 Å². The predicted molar refractivity (Wildman–Crippen MR) is 92.7 cm³/mol. The van der Waals surface area contributed by atoms with Crippen molar-refractivity contribution in [1.82, 2.24) is 5.32 Å². The predicted octanol–water partition coefficient (Wildman–Crippen LogP) is 2.96. The molecule has 24 heavy (non-hydrogen) atoms. The lowest BCUT2D eigenvalue weighted by atomic mass is 10.1. The van der Waals surface area contributed by atoms with Crippen molar-refractivity contribution >= 4 is 5.91 Å². The number of rotatable bonds is 8. The summed E-state index contributed by atoms with van der Waals surface area (Å²) >= 11 is 0. The molecule has 0 bridgehead atoms. The highest BCUT2D eigenvalue weighted by atomic mass is 16.5. The number of amides is 1. The second-order valence-corrected chi connectivity index (χ2v) is 5.28. The number of ether oxygens (including phenoxy) is 3. The van der Waals surface area contributed by atoms with Crippen molar-refractivity contribution in [3.8, 4) is 17.2 Å². The Morgan fingerprint density at radius 2 is 1.62 bits per heavy atom. The molecule has 0 saturated heterocycles. The topological polar surface area (TPSA) is 56.8 Å². The van der Waals surface area contributed by atoms with E-state index in [1.807, 2.05) is 42.5 Å². The first-order valence-corrected chi connectivity index (χ1v) is 7.77. The van der Waals surface area contributed by atoms with Gasteiger partial charge in [0.05, 0.1) is 21.3 Å². The van der Waals surface area contributed by atoms with Crippen molar-refractivity contribution in [1.29, 1.82) is 0 Å². The highest BCUT2D eigenvalue weighted by Crippen LogP contribution is 2.27. The van der Waals surface area contributed by atoms with E-state index in [9.17, 15) is 4.79 Å². The van der Waals surface area contributed by atoms with E-state index in [2.05, 4.69) is 5.32 Å². The Labute approximate surface area is 142 Å². The minimum Gasteiger partial charge on any atom is -0.496 e. The van der Waals surface area contributed by atoms with E-state index in [4.69, 9.17) is 14.2 Å². The molecule has 128 valence electrons. The van der Waals surface area contributed by atoms with Crippen molar-refractivity contribution in [2.45, 2.75) is 19.4 Å². The first kappa shape index (κ1) is 17.7. The number of nitrogens with one attached hydrogen (secondary N) is 1. The van der Waals surface area contributed by atoms with Crippen LogP contribution < -0.4 is 19.5 Å². The van der Waals surface area contributed by atoms with E-state index in [1.54, 1.807) is 21.3 Å². The second kappa shape index (κ2) is 8.82. The van der Waals surface area contributed by atoms with Crippen molar-refractivity contribution in [2.75, 3.05) is 21.3 Å². The average Bonchev–Trinajstić information content (AvgIpc) is 2.64. The van der Waals surface area contributed by atoms with Gasteiger partial charge >= 0.3 is 0 Å². The summed E-state index contributed by atoms with van der Waals surface area (Å²) in [7, 11) is 4.82. The molecule has 0 spiro atoms. The quantitative estimate of drug-likeness (QED) is 0.809. The number of benzene rings is 2. The van der Waals surface area contributed by atoms with Gasteiger partial charge in [-0.25, -0.2) is 0 Å². The lowest BCUT2D eigenvalue weighted by Gasteiger charge is -2.11. The standard InChI is InChI=1S/C19H23NO4/c1-22-16-7-5-4-6-15(16)9-11-19(21)20-13-14-8-10-17(23-2)18(12-14)24-3/h4-8,10,12H,9,11,13H2,1-3H3,(H,20,21). The summed E-state index contributed by atoms with van der Waals surface area (Å²) in [5, 5.41) is 2.92. The molecule has 1 amide bonds. The van der Waals surface area contributed by atoms with Crippen molar-refractivity contribution in [3.05, 3.63) is 53.6 Å². The maximum Gasteiger partial charge on any atom is 0.220 e. The third-order valence-electron chi connectivity index (χ3n) is 3.75. The van der Waals surface area contributed by atoms with Crippen molar-refractivity contribution in [2.24, 2.45) is 0 Å². The molecule has 0 heterocycles. The fraction of sp³-hybridized carbons (Fsp3) is 0.316. The van der Waals surface area contributed by atoms with Crippen LogP contribution in [0.25, 0.3) is 0 Å². The zero-order valence-electron chi connectivity index (χ0n) is 14.3. The first-order valence-electron chi connectivity index (χ1n) is 7.77. The Balaban J connectivity index is 1.87. The molecule has 0 saturated carbocycles. The van der Waals surface area contributed by atoms with Gasteiger partial charge in [0.15, 0.2) is 11.5 Å². The van der Waals surface area contributed by atoms with Gasteiger partial charge in [0.25, 0.3) is 0 Å². The van der Waals surface area contributed by atoms with E-state index in [0.29, 0.717) is 30.9 Å². The average molecular weight is 329 g/mol. The van der Waals surface area contributed by atoms with Crippen LogP contribution in [0.3, 0.4) is 0 Å². The van der Waals surface area contributed by atoms with Gasteiger partial charge in [0.2, 0.25) is 5.91 Å². The van der Waals surface area contributed by atoms with Gasteiger partial charge in [0, 0.05) is 13.0 Å². The molecule has 5 heteroatoms. The number of hydrogen-bond donors (Lipinski definition) is 1. The van der Waals surface area contributed by atoms with Gasteiger partial charge in [-0.2, -0.15) is 0 Å². The third-order valence-corrected chi connectivity index (χ3v) is 3.75. The van der Waals surface area contributed by atoms with Crippen molar-refractivity contribution < 1.29 is 19.0 Å². The fourth-order valence-electron chi connectivity index (χ4n) is 2.44. The zero-order valence-corrected chi connectivity index (χ0v) is 14.3. The molecule has 0 radical (unpaired) electrons. The Bertz CT molecular complexity index is 685. The number of hydrogen-bond acceptors (Lipinski definition) is 4. The normalized spacial score (nSPS) is 10.1. The summed E-state index contributed by atoms with van der Waals surface area (Å²) in [6.45, 7) is 0.450. The lowest BCUT2D eigenvalue weighted by Crippen LogP contribution is -2.23. The van der Waals surface area contributed by atoms with E-state index in [1.165, 1.54) is 0 Å². The smallest absolute Gasteiger partial charge is 0.220 e. The van der Waals surface area contributed by atoms with E-state index >= 15 is 0 Å². The van der Waals surface area contributed by atoms with Gasteiger partial charge in [0.1, 0.15) is 5.75 Å². The van der Waals surface area contributed by atoms with Gasteiger partial charge < -0.3 is 19.5 Å². The van der Waals surface area contributed by atoms with Gasteiger partial charge in [-0.15, -0.1) is 0 Å². The molecule has 5 nitrogen and oxygen atoms in total. The van der Waals surface area contributed by atoms with Crippen LogP contribution in [0.2, 0.25) is 0 Å². The van der Waals surface area contributed by atoms with E-state index < -0.39 is 0 Å². The molecular formula is C19H23NO4. The van der Waals surface area contributed by atoms with Crippen molar-refractivity contribution in [3.63, 3.8) is 0 Å². The molecular weight excluding hydrogens is 306 g/mol. The monoisotopic (exact) mass is 329 g/mol. The summed E-state index contributed by atoms with van der Waals surface area (Å²) in [5.41, 5.74) is 1.99. The largest absolute Gasteiger partial charge is 0.496 e. The van der Waals surface area contributed by atoms with Crippen LogP contribution in [-0.2, 0) is 17.8 Å². The molecule has 1 N–H and O–H groups in total. The highest BCUT2D eigenvalue weighted by Gasteiger charge is 2.08. The molecule has 0 unspecified atom stereocenters. The maximum atomic E-state index is 12.1. The molecule has 2 aromatic carbocycles. The van der Waals surface area contributed by atoms with Crippen LogP contribution in [0.5, 0.6) is 17.2 Å². The molecule has 2 aromatic rings. The summed E-state index contributed by atoms with van der Waals surface area (Å²) in [5.74, 6) is 2.13. The minimum absolute atomic E-state index is 0.00399. The molecule has 2 rings (SSSR count). The lowest BCUT2D eigenvalue weighted by molar-refractivity contribution is -0.121. The highest BCUT2D eigenvalue weighted by molar-refractivity contribution is 5.76. The minimum atomic E-state index is -0.00399. The Kier molecular flexibility index (Phi) is 6.49. The van der Waals surface area contributed by atoms with Gasteiger partial charge in [-0.05, 0) is 35.7 Å². The first-order chi connectivity index (χ1) is 11.7. The number of para-hydroxylation sites is 1. The van der Waals surface area contributed by atoms with Crippen LogP contribution in [0, 0.1) is 0 Å². The van der Waals surface area contributed by atoms with Crippen LogP contribution in [0.15, 0.2) is 42.5 Å². The Morgan fingerprint density at radius 1 is 0.917 bits per heavy atom. The molecule has 0 aromatic heterocycles. The summed E-state index contributed by atoms with van der Waals surface area (Å²) in [6, 6.07) is 13.3. The summed E-state index contributed by atoms with van der Waals surface area (Å²) in [4.78, 5) is 12.1. The van der Waals surface area contributed by atoms with Gasteiger partial charge in [-0.3, -0.25) is 4.79 Å². The Hall–Kier alpha value is -2.69. The number of carbonyl (C=O) groups is 1. The molecule has 0 fully saturated rings. The molecule has 0 aliphatic carbocycles. The van der Waals surface area contributed by atoms with Crippen LogP contribution in [-0.4, -0.2) is 27.2 Å². The number of carbonyl (C=O) groups excluding carboxylic acids is 1. The number of aryl methyl sites for hydroxylation is 1.